The molecule has 0 spiro atoms. The fourth-order valence-electron chi connectivity index (χ4n) is 2.13. The third-order valence-electron chi connectivity index (χ3n) is 3.08. The highest BCUT2D eigenvalue weighted by Crippen LogP contribution is 2.49. The molecule has 1 saturated carbocycles. The SMILES string of the molecule is Clc1nc(C2(C3CC3)C=NC=CC2)ns1. The Kier molecular flexibility index (Phi) is 2.14. The monoisotopic (exact) mass is 239 g/mol. The molecule has 1 atom stereocenters. The zero-order valence-electron chi connectivity index (χ0n) is 8.06. The van der Waals surface area contributed by atoms with Gasteiger partial charge in [0.1, 0.15) is 0 Å². The van der Waals surface area contributed by atoms with E-state index in [0.717, 1.165) is 12.2 Å². The first kappa shape index (κ1) is 9.48. The molecule has 1 aliphatic heterocycles. The molecule has 3 rings (SSSR count). The fraction of sp³-hybridized carbons (Fsp3) is 0.500. The van der Waals surface area contributed by atoms with Crippen LogP contribution in [0.2, 0.25) is 4.47 Å². The molecule has 0 amide bonds. The van der Waals surface area contributed by atoms with Crippen LogP contribution in [0, 0.1) is 5.92 Å². The van der Waals surface area contributed by atoms with Crippen molar-refractivity contribution >= 4 is 29.3 Å². The van der Waals surface area contributed by atoms with E-state index in [9.17, 15) is 0 Å². The van der Waals surface area contributed by atoms with Crippen molar-refractivity contribution in [1.29, 1.82) is 0 Å². The molecule has 1 unspecified atom stereocenters. The molecule has 2 heterocycles. The van der Waals surface area contributed by atoms with Crippen LogP contribution in [0.5, 0.6) is 0 Å². The van der Waals surface area contributed by atoms with Crippen LogP contribution in [0.1, 0.15) is 25.1 Å². The average Bonchev–Trinajstić information content (AvgIpc) is 3.03. The van der Waals surface area contributed by atoms with Crippen molar-refractivity contribution in [2.24, 2.45) is 10.9 Å². The maximum atomic E-state index is 5.85. The van der Waals surface area contributed by atoms with Gasteiger partial charge in [0.15, 0.2) is 5.82 Å². The van der Waals surface area contributed by atoms with Crippen LogP contribution in [-0.4, -0.2) is 15.6 Å². The van der Waals surface area contributed by atoms with Crippen LogP contribution < -0.4 is 0 Å². The predicted octanol–water partition coefficient (Wildman–Crippen LogP) is 2.83. The number of nitrogens with zero attached hydrogens (tertiary/aromatic N) is 3. The van der Waals surface area contributed by atoms with Crippen molar-refractivity contribution in [2.75, 3.05) is 0 Å². The highest BCUT2D eigenvalue weighted by molar-refractivity contribution is 7.10. The number of aromatic nitrogens is 2. The number of rotatable bonds is 2. The van der Waals surface area contributed by atoms with Crippen molar-refractivity contribution in [3.63, 3.8) is 0 Å². The molecule has 1 aliphatic carbocycles. The first-order chi connectivity index (χ1) is 7.31. The van der Waals surface area contributed by atoms with Crippen LogP contribution in [0.25, 0.3) is 0 Å². The van der Waals surface area contributed by atoms with Gasteiger partial charge in [-0.2, -0.15) is 4.37 Å². The Morgan fingerprint density at radius 3 is 2.87 bits per heavy atom. The lowest BCUT2D eigenvalue weighted by Gasteiger charge is -2.26. The second kappa shape index (κ2) is 3.39. The minimum atomic E-state index is -0.0710. The Labute approximate surface area is 97.1 Å². The number of aliphatic imine (C=N–C) groups is 1. The zero-order chi connectivity index (χ0) is 10.3. The van der Waals surface area contributed by atoms with E-state index in [4.69, 9.17) is 11.6 Å². The molecule has 15 heavy (non-hydrogen) atoms. The van der Waals surface area contributed by atoms with Crippen molar-refractivity contribution in [3.8, 4) is 0 Å². The smallest absolute Gasteiger partial charge is 0.203 e. The summed E-state index contributed by atoms with van der Waals surface area (Å²) in [4.78, 5) is 8.57. The van der Waals surface area contributed by atoms with E-state index in [0.29, 0.717) is 10.4 Å². The molecular weight excluding hydrogens is 230 g/mol. The van der Waals surface area contributed by atoms with E-state index >= 15 is 0 Å². The van der Waals surface area contributed by atoms with Crippen molar-refractivity contribution in [2.45, 2.75) is 24.7 Å². The van der Waals surface area contributed by atoms with Gasteiger partial charge in [-0.3, -0.25) is 4.99 Å². The standard InChI is InChI=1S/C10H10ClN3S/c11-9-13-8(14-15-9)10(7-2-3-7)4-1-5-12-6-10/h1,5-7H,2-4H2. The average molecular weight is 240 g/mol. The molecule has 3 nitrogen and oxygen atoms in total. The van der Waals surface area contributed by atoms with Crippen LogP contribution in [0.3, 0.4) is 0 Å². The van der Waals surface area contributed by atoms with Crippen molar-refractivity contribution < 1.29 is 0 Å². The number of hydrogen-bond donors (Lipinski definition) is 0. The number of allylic oxidation sites excluding steroid dienone is 1. The van der Waals surface area contributed by atoms with Crippen molar-refractivity contribution in [3.05, 3.63) is 22.6 Å². The molecule has 78 valence electrons. The Bertz CT molecular complexity index is 436. The van der Waals surface area contributed by atoms with Gasteiger partial charge in [-0.1, -0.05) is 6.08 Å². The summed E-state index contributed by atoms with van der Waals surface area (Å²) in [6.07, 6.45) is 9.38. The molecule has 1 fully saturated rings. The Hall–Kier alpha value is -0.740. The molecule has 5 heteroatoms. The summed E-state index contributed by atoms with van der Waals surface area (Å²) in [5.74, 6) is 1.50. The van der Waals surface area contributed by atoms with E-state index in [-0.39, 0.29) is 5.41 Å². The van der Waals surface area contributed by atoms with Gasteiger partial charge in [0, 0.05) is 12.4 Å². The Morgan fingerprint density at radius 1 is 1.47 bits per heavy atom. The molecule has 0 aromatic carbocycles. The summed E-state index contributed by atoms with van der Waals surface area (Å²) in [6.45, 7) is 0. The second-order valence-electron chi connectivity index (χ2n) is 4.05. The molecule has 2 aliphatic rings. The fourth-order valence-corrected chi connectivity index (χ4v) is 2.82. The highest BCUT2D eigenvalue weighted by atomic mass is 35.5. The maximum Gasteiger partial charge on any atom is 0.203 e. The van der Waals surface area contributed by atoms with Gasteiger partial charge in [-0.15, -0.1) is 0 Å². The van der Waals surface area contributed by atoms with Gasteiger partial charge >= 0.3 is 0 Å². The highest BCUT2D eigenvalue weighted by Gasteiger charge is 2.48. The van der Waals surface area contributed by atoms with Gasteiger partial charge in [0.25, 0.3) is 0 Å². The summed E-state index contributed by atoms with van der Waals surface area (Å²) in [7, 11) is 0. The zero-order valence-corrected chi connectivity index (χ0v) is 9.63. The van der Waals surface area contributed by atoms with Gasteiger partial charge in [0.2, 0.25) is 4.47 Å². The van der Waals surface area contributed by atoms with E-state index in [1.807, 2.05) is 12.4 Å². The van der Waals surface area contributed by atoms with E-state index in [1.54, 1.807) is 0 Å². The van der Waals surface area contributed by atoms with Gasteiger partial charge < -0.3 is 0 Å². The van der Waals surface area contributed by atoms with Gasteiger partial charge in [0.05, 0.1) is 5.41 Å². The summed E-state index contributed by atoms with van der Waals surface area (Å²) in [5.41, 5.74) is -0.0710. The normalized spacial score (nSPS) is 29.7. The predicted molar refractivity (Wildman–Crippen MR) is 61.6 cm³/mol. The van der Waals surface area contributed by atoms with E-state index in [2.05, 4.69) is 20.4 Å². The second-order valence-corrected chi connectivity index (χ2v) is 5.39. The first-order valence-electron chi connectivity index (χ1n) is 5.00. The lowest BCUT2D eigenvalue weighted by Crippen LogP contribution is -2.32. The summed E-state index contributed by atoms with van der Waals surface area (Å²) in [6, 6.07) is 0. The van der Waals surface area contributed by atoms with Crippen LogP contribution in [-0.2, 0) is 5.41 Å². The van der Waals surface area contributed by atoms with Gasteiger partial charge in [-0.25, -0.2) is 4.98 Å². The minimum absolute atomic E-state index is 0.0710. The van der Waals surface area contributed by atoms with Gasteiger partial charge in [-0.05, 0) is 48.3 Å². The van der Waals surface area contributed by atoms with Crippen LogP contribution >= 0.6 is 23.1 Å². The molecule has 0 bridgehead atoms. The molecule has 0 saturated heterocycles. The van der Waals surface area contributed by atoms with Crippen LogP contribution in [0.4, 0.5) is 0 Å². The topological polar surface area (TPSA) is 38.1 Å². The summed E-state index contributed by atoms with van der Waals surface area (Å²) < 4.78 is 4.87. The van der Waals surface area contributed by atoms with E-state index < -0.39 is 0 Å². The molecular formula is C10H10ClN3S. The minimum Gasteiger partial charge on any atom is -0.268 e. The number of halogens is 1. The lowest BCUT2D eigenvalue weighted by molar-refractivity contribution is 0.488. The third kappa shape index (κ3) is 1.52. The Morgan fingerprint density at radius 2 is 2.33 bits per heavy atom. The third-order valence-corrected chi connectivity index (χ3v) is 3.87. The maximum absolute atomic E-state index is 5.85. The van der Waals surface area contributed by atoms with Crippen LogP contribution in [0.15, 0.2) is 17.3 Å². The molecule has 0 radical (unpaired) electrons. The molecule has 1 aromatic rings. The summed E-state index contributed by atoms with van der Waals surface area (Å²) >= 11 is 7.11. The number of hydrogen-bond acceptors (Lipinski definition) is 4. The quantitative estimate of drug-likeness (QED) is 0.796. The molecule has 1 aromatic heterocycles. The summed E-state index contributed by atoms with van der Waals surface area (Å²) in [5, 5.41) is 0. The molecule has 0 N–H and O–H groups in total. The first-order valence-corrected chi connectivity index (χ1v) is 6.15. The largest absolute Gasteiger partial charge is 0.268 e. The van der Waals surface area contributed by atoms with Crippen molar-refractivity contribution in [1.82, 2.24) is 9.36 Å². The lowest BCUT2D eigenvalue weighted by atomic mass is 9.79. The van der Waals surface area contributed by atoms with E-state index in [1.165, 1.54) is 24.4 Å². The Balaban J connectivity index is 2.03.